The van der Waals surface area contributed by atoms with E-state index in [0.29, 0.717) is 21.7 Å². The molecule has 1 heterocycles. The molecule has 2 rings (SSSR count). The van der Waals surface area contributed by atoms with Crippen LogP contribution in [0.4, 0.5) is 5.13 Å². The summed E-state index contributed by atoms with van der Waals surface area (Å²) in [5.74, 6) is 1.20. The fourth-order valence-electron chi connectivity index (χ4n) is 1.70. The number of aromatic nitrogens is 1. The highest BCUT2D eigenvalue weighted by Crippen LogP contribution is 2.40. The molecule has 4 nitrogen and oxygen atoms in total. The Morgan fingerprint density at radius 1 is 1.22 bits per heavy atom. The lowest BCUT2D eigenvalue weighted by molar-refractivity contribution is 0.355. The van der Waals surface area contributed by atoms with Crippen molar-refractivity contribution in [2.24, 2.45) is 0 Å². The average Bonchev–Trinajstić information content (AvgIpc) is 2.68. The lowest BCUT2D eigenvalue weighted by atomic mass is 10.1. The minimum Gasteiger partial charge on any atom is -0.493 e. The van der Waals surface area contributed by atoms with E-state index in [0.717, 1.165) is 16.1 Å². The van der Waals surface area contributed by atoms with Gasteiger partial charge in [-0.2, -0.15) is 0 Å². The molecule has 2 aromatic rings. The van der Waals surface area contributed by atoms with E-state index in [4.69, 9.17) is 26.8 Å². The molecule has 0 spiro atoms. The second-order valence-corrected chi connectivity index (χ2v) is 5.29. The molecule has 0 unspecified atom stereocenters. The number of thiazole rings is 1. The summed E-state index contributed by atoms with van der Waals surface area (Å²) in [6, 6.07) is 3.52. The highest BCUT2D eigenvalue weighted by atomic mass is 35.5. The molecule has 1 aromatic heterocycles. The minimum atomic E-state index is 0.522. The molecule has 0 aliphatic rings. The normalized spacial score (nSPS) is 10.4. The smallest absolute Gasteiger partial charge is 0.180 e. The van der Waals surface area contributed by atoms with E-state index in [1.54, 1.807) is 20.3 Å². The summed E-state index contributed by atoms with van der Waals surface area (Å²) in [5, 5.41) is 1.08. The summed E-state index contributed by atoms with van der Waals surface area (Å²) in [7, 11) is 3.15. The van der Waals surface area contributed by atoms with Crippen LogP contribution in [0.3, 0.4) is 0 Å². The van der Waals surface area contributed by atoms with Gasteiger partial charge in [-0.15, -0.1) is 11.3 Å². The lowest BCUT2D eigenvalue weighted by Gasteiger charge is -2.10. The van der Waals surface area contributed by atoms with Crippen LogP contribution in [-0.4, -0.2) is 19.2 Å². The van der Waals surface area contributed by atoms with Gasteiger partial charge in [0, 0.05) is 16.5 Å². The molecule has 0 saturated heterocycles. The van der Waals surface area contributed by atoms with Gasteiger partial charge in [-0.3, -0.25) is 0 Å². The third-order valence-corrected chi connectivity index (χ3v) is 3.65. The number of halogens is 1. The van der Waals surface area contributed by atoms with Crippen LogP contribution in [0.2, 0.25) is 5.02 Å². The third-order valence-electron chi connectivity index (χ3n) is 2.54. The van der Waals surface area contributed by atoms with Crippen LogP contribution in [0.5, 0.6) is 11.5 Å². The van der Waals surface area contributed by atoms with Crippen molar-refractivity contribution >= 4 is 28.1 Å². The average molecular weight is 285 g/mol. The summed E-state index contributed by atoms with van der Waals surface area (Å²) < 4.78 is 10.5. The largest absolute Gasteiger partial charge is 0.493 e. The Morgan fingerprint density at radius 3 is 2.33 bits per heavy atom. The first kappa shape index (κ1) is 13.0. The minimum absolute atomic E-state index is 0.522. The number of nitrogens with two attached hydrogens (primary N) is 1. The zero-order valence-electron chi connectivity index (χ0n) is 10.3. The Labute approximate surface area is 114 Å². The van der Waals surface area contributed by atoms with Crippen LogP contribution >= 0.6 is 22.9 Å². The number of ether oxygens (including phenoxy) is 2. The van der Waals surface area contributed by atoms with Gasteiger partial charge in [-0.1, -0.05) is 11.6 Å². The number of benzene rings is 1. The number of aryl methyl sites for hydroxylation is 1. The third kappa shape index (κ3) is 2.23. The van der Waals surface area contributed by atoms with Crippen molar-refractivity contribution in [2.75, 3.05) is 20.0 Å². The molecule has 0 aliphatic carbocycles. The van der Waals surface area contributed by atoms with Gasteiger partial charge in [-0.25, -0.2) is 4.98 Å². The highest BCUT2D eigenvalue weighted by molar-refractivity contribution is 7.15. The molecule has 0 atom stereocenters. The van der Waals surface area contributed by atoms with Gasteiger partial charge in [0.1, 0.15) is 0 Å². The number of anilines is 1. The quantitative estimate of drug-likeness (QED) is 0.939. The van der Waals surface area contributed by atoms with Crippen molar-refractivity contribution in [3.05, 3.63) is 22.0 Å². The molecular weight excluding hydrogens is 272 g/mol. The van der Waals surface area contributed by atoms with E-state index in [1.807, 2.05) is 13.0 Å². The Hall–Kier alpha value is -1.46. The van der Waals surface area contributed by atoms with Crippen LogP contribution in [0.25, 0.3) is 11.3 Å². The summed E-state index contributed by atoms with van der Waals surface area (Å²) in [4.78, 5) is 5.30. The second kappa shape index (κ2) is 5.04. The van der Waals surface area contributed by atoms with Gasteiger partial charge in [0.25, 0.3) is 0 Å². The lowest BCUT2D eigenvalue weighted by Crippen LogP contribution is -1.93. The van der Waals surface area contributed by atoms with Crippen LogP contribution in [0.1, 0.15) is 4.88 Å². The molecule has 2 N–H and O–H groups in total. The zero-order chi connectivity index (χ0) is 13.3. The van der Waals surface area contributed by atoms with Crippen molar-refractivity contribution < 1.29 is 9.47 Å². The van der Waals surface area contributed by atoms with E-state index in [-0.39, 0.29) is 0 Å². The van der Waals surface area contributed by atoms with E-state index >= 15 is 0 Å². The van der Waals surface area contributed by atoms with Gasteiger partial charge in [-0.05, 0) is 13.0 Å². The summed E-state index contributed by atoms with van der Waals surface area (Å²) >= 11 is 7.67. The monoisotopic (exact) mass is 284 g/mol. The number of nitrogen functional groups attached to an aromatic ring is 1. The number of methoxy groups -OCH3 is 2. The molecule has 18 heavy (non-hydrogen) atoms. The fraction of sp³-hybridized carbons (Fsp3) is 0.250. The first-order valence-corrected chi connectivity index (χ1v) is 6.41. The molecule has 0 fully saturated rings. The Bertz CT molecular complexity index is 584. The van der Waals surface area contributed by atoms with E-state index in [1.165, 1.54) is 11.3 Å². The van der Waals surface area contributed by atoms with E-state index in [9.17, 15) is 0 Å². The van der Waals surface area contributed by atoms with Crippen molar-refractivity contribution in [3.63, 3.8) is 0 Å². The molecule has 1 aromatic carbocycles. The van der Waals surface area contributed by atoms with Gasteiger partial charge in [0.15, 0.2) is 16.6 Å². The highest BCUT2D eigenvalue weighted by Gasteiger charge is 2.15. The SMILES string of the molecule is COc1cc(Cl)c(-c2nc(N)sc2C)cc1OC. The van der Waals surface area contributed by atoms with Gasteiger partial charge in [0.2, 0.25) is 0 Å². The Kier molecular flexibility index (Phi) is 3.63. The maximum atomic E-state index is 6.24. The predicted molar refractivity (Wildman–Crippen MR) is 74.8 cm³/mol. The van der Waals surface area contributed by atoms with Crippen LogP contribution in [-0.2, 0) is 0 Å². The Morgan fingerprint density at radius 2 is 1.83 bits per heavy atom. The predicted octanol–water partition coefficient (Wildman–Crippen LogP) is 3.37. The molecule has 0 saturated carbocycles. The van der Waals surface area contributed by atoms with Gasteiger partial charge < -0.3 is 15.2 Å². The molecule has 96 valence electrons. The van der Waals surface area contributed by atoms with E-state index in [2.05, 4.69) is 4.98 Å². The molecular formula is C12H13ClN2O2S. The summed E-state index contributed by atoms with van der Waals surface area (Å²) in [6.07, 6.45) is 0. The first-order valence-electron chi connectivity index (χ1n) is 5.21. The van der Waals surface area contributed by atoms with Crippen molar-refractivity contribution in [1.82, 2.24) is 4.98 Å². The number of hydrogen-bond acceptors (Lipinski definition) is 5. The second-order valence-electron chi connectivity index (χ2n) is 3.64. The number of hydrogen-bond donors (Lipinski definition) is 1. The Balaban J connectivity index is 2.61. The summed E-state index contributed by atoms with van der Waals surface area (Å²) in [6.45, 7) is 1.95. The van der Waals surface area contributed by atoms with Crippen LogP contribution in [0, 0.1) is 6.92 Å². The van der Waals surface area contributed by atoms with Crippen molar-refractivity contribution in [1.29, 1.82) is 0 Å². The molecule has 0 radical (unpaired) electrons. The zero-order valence-corrected chi connectivity index (χ0v) is 11.9. The van der Waals surface area contributed by atoms with Gasteiger partial charge in [0.05, 0.1) is 24.9 Å². The number of nitrogens with zero attached hydrogens (tertiary/aromatic N) is 1. The maximum absolute atomic E-state index is 6.24. The summed E-state index contributed by atoms with van der Waals surface area (Å²) in [5.41, 5.74) is 7.27. The molecule has 6 heteroatoms. The maximum Gasteiger partial charge on any atom is 0.180 e. The van der Waals surface area contributed by atoms with Crippen LogP contribution in [0.15, 0.2) is 12.1 Å². The molecule has 0 bridgehead atoms. The van der Waals surface area contributed by atoms with Crippen LogP contribution < -0.4 is 15.2 Å². The topological polar surface area (TPSA) is 57.4 Å². The number of rotatable bonds is 3. The standard InChI is InChI=1S/C12H13ClN2O2S/c1-6-11(15-12(14)18-6)7-4-9(16-2)10(17-3)5-8(7)13/h4-5H,1-3H3,(H2,14,15). The molecule has 0 aliphatic heterocycles. The van der Waals surface area contributed by atoms with Crippen molar-refractivity contribution in [2.45, 2.75) is 6.92 Å². The first-order chi connectivity index (χ1) is 8.56. The van der Waals surface area contributed by atoms with Crippen molar-refractivity contribution in [3.8, 4) is 22.8 Å². The van der Waals surface area contributed by atoms with Gasteiger partial charge >= 0.3 is 0 Å². The molecule has 0 amide bonds. The fourth-order valence-corrected chi connectivity index (χ4v) is 2.65. The van der Waals surface area contributed by atoms with E-state index < -0.39 is 0 Å².